The lowest BCUT2D eigenvalue weighted by molar-refractivity contribution is -0.134. The molecule has 3 aliphatic carbocycles. The number of ketones is 2. The molecule has 0 amide bonds. The van der Waals surface area contributed by atoms with Crippen LogP contribution in [0.3, 0.4) is 0 Å². The third-order valence-electron chi connectivity index (χ3n) is 14.4. The molecular weight excluding hydrogens is 755 g/mol. The van der Waals surface area contributed by atoms with E-state index in [0.29, 0.717) is 93.5 Å². The summed E-state index contributed by atoms with van der Waals surface area (Å²) in [4.78, 5) is 26.4. The second kappa shape index (κ2) is 20.0. The number of allylic oxidation sites excluding steroid dienone is 3. The summed E-state index contributed by atoms with van der Waals surface area (Å²) in [6.45, 7) is 1.56. The molecule has 60 heavy (non-hydrogen) atoms. The molecule has 0 bridgehead atoms. The molecule has 1 saturated heterocycles. The number of Topliss-reactive ketones (excluding diaryl/α,β-unsaturated/α-hetero) is 2. The van der Waals surface area contributed by atoms with Crippen molar-refractivity contribution in [2.24, 2.45) is 40.7 Å². The van der Waals surface area contributed by atoms with Gasteiger partial charge in [0, 0.05) is 50.3 Å². The van der Waals surface area contributed by atoms with Crippen molar-refractivity contribution in [1.29, 1.82) is 0 Å². The lowest BCUT2D eigenvalue weighted by Crippen LogP contribution is -2.50. The number of aliphatic hydroxyl groups is 3. The maximum atomic E-state index is 14.3. The number of carbonyl (C=O) groups is 2. The number of aryl methyl sites for hydroxylation is 1. The molecule has 10 unspecified atom stereocenters. The van der Waals surface area contributed by atoms with Crippen molar-refractivity contribution in [2.75, 3.05) is 26.8 Å². The Bertz CT molecular complexity index is 1980. The van der Waals surface area contributed by atoms with E-state index in [0.717, 1.165) is 54.5 Å². The minimum atomic E-state index is -1.21. The Morgan fingerprint density at radius 2 is 1.92 bits per heavy atom. The number of benzene rings is 2. The van der Waals surface area contributed by atoms with E-state index in [4.69, 9.17) is 10.5 Å². The average molecular weight is 820 g/mol. The van der Waals surface area contributed by atoms with Gasteiger partial charge in [-0.25, -0.2) is 0 Å². The first-order chi connectivity index (χ1) is 29.0. The van der Waals surface area contributed by atoms with Crippen LogP contribution in [0, 0.1) is 46.8 Å². The number of fused-ring (bicyclic) bond motifs is 2. The molecule has 0 radical (unpaired) electrons. The highest BCUT2D eigenvalue weighted by molar-refractivity contribution is 5.89. The van der Waals surface area contributed by atoms with Gasteiger partial charge in [0.2, 0.25) is 0 Å². The molecule has 2 aromatic carbocycles. The number of aliphatic hydroxyl groups excluding tert-OH is 3. The van der Waals surface area contributed by atoms with E-state index < -0.39 is 23.5 Å². The monoisotopic (exact) mass is 819 g/mol. The van der Waals surface area contributed by atoms with Crippen LogP contribution in [0.15, 0.2) is 72.1 Å². The lowest BCUT2D eigenvalue weighted by atomic mass is 9.63. The number of methoxy groups -OCH3 is 1. The molecule has 10 atom stereocenters. The summed E-state index contributed by atoms with van der Waals surface area (Å²) in [5, 5.41) is 51.6. The number of hydrogen-bond donors (Lipinski definition) is 7. The van der Waals surface area contributed by atoms with Gasteiger partial charge in [0.1, 0.15) is 11.2 Å². The number of dihydropyridines is 1. The van der Waals surface area contributed by atoms with Gasteiger partial charge in [-0.1, -0.05) is 60.4 Å². The van der Waals surface area contributed by atoms with Gasteiger partial charge in [-0.05, 0) is 141 Å². The summed E-state index contributed by atoms with van der Waals surface area (Å²) in [6, 6.07) is 13.8. The smallest absolute Gasteiger partial charge is 0.160 e. The van der Waals surface area contributed by atoms with Crippen LogP contribution in [0.2, 0.25) is 0 Å². The number of hydrogen-bond acceptors (Lipinski definition) is 10. The molecule has 2 aliphatic heterocycles. The predicted molar refractivity (Wildman–Crippen MR) is 234 cm³/mol. The molecule has 7 rings (SSSR count). The normalized spacial score (nSPS) is 29.6. The topological polar surface area (TPSA) is 174 Å². The molecule has 3 fully saturated rings. The molecule has 0 aromatic heterocycles. The Balaban J connectivity index is 1.08. The summed E-state index contributed by atoms with van der Waals surface area (Å²) in [5.74, 6) is 8.95. The van der Waals surface area contributed by atoms with E-state index >= 15 is 0 Å². The second-order valence-corrected chi connectivity index (χ2v) is 18.2. The number of phenols is 1. The van der Waals surface area contributed by atoms with Gasteiger partial charge in [0.25, 0.3) is 0 Å². The first-order valence-electron chi connectivity index (χ1n) is 22.4. The summed E-state index contributed by atoms with van der Waals surface area (Å²) in [7, 11) is 1.51. The Morgan fingerprint density at radius 3 is 2.68 bits per heavy atom. The third kappa shape index (κ3) is 10.4. The van der Waals surface area contributed by atoms with Gasteiger partial charge < -0.3 is 41.5 Å². The quantitative estimate of drug-likeness (QED) is 0.111. The minimum Gasteiger partial charge on any atom is -0.504 e. The van der Waals surface area contributed by atoms with Gasteiger partial charge in [-0.3, -0.25) is 9.59 Å². The molecule has 322 valence electrons. The zero-order valence-corrected chi connectivity index (χ0v) is 35.2. The first-order valence-corrected chi connectivity index (χ1v) is 22.4. The molecular formula is C50H65N3O7. The summed E-state index contributed by atoms with van der Waals surface area (Å²) in [5.41, 5.74) is 8.76. The predicted octanol–water partition coefficient (Wildman–Crippen LogP) is 6.08. The van der Waals surface area contributed by atoms with Crippen LogP contribution in [0.25, 0.3) is 6.08 Å². The van der Waals surface area contributed by atoms with Gasteiger partial charge in [0.15, 0.2) is 17.3 Å². The zero-order chi connectivity index (χ0) is 42.2. The highest BCUT2D eigenvalue weighted by Gasteiger charge is 2.48. The highest BCUT2D eigenvalue weighted by Crippen LogP contribution is 2.46. The van der Waals surface area contributed by atoms with Crippen molar-refractivity contribution in [2.45, 2.75) is 114 Å². The van der Waals surface area contributed by atoms with Crippen LogP contribution in [0.5, 0.6) is 11.5 Å². The summed E-state index contributed by atoms with van der Waals surface area (Å²) in [6.07, 6.45) is 15.1. The molecule has 2 saturated carbocycles. The van der Waals surface area contributed by atoms with Crippen LogP contribution in [0.4, 0.5) is 0 Å². The molecule has 10 heteroatoms. The third-order valence-corrected chi connectivity index (χ3v) is 14.4. The van der Waals surface area contributed by atoms with Crippen molar-refractivity contribution in [3.05, 3.63) is 88.8 Å². The van der Waals surface area contributed by atoms with Gasteiger partial charge >= 0.3 is 0 Å². The number of nitrogens with one attached hydrogen (secondary N) is 2. The molecule has 5 aliphatic rings. The standard InChI is InChI=1S/C50H65N3O7/c1-60-46-27-38-11-14-47(58)50(19-15-33(24-48(50)59)23-37(18-22-54)40-25-39-10-13-42(56)29-44(39)53-31-40)20-16-34(43(38)30-45(46)57)9-12-41(55)26-35(36-17-21-52-49(51)28-36)8-7-32-5-3-2-4-6-32/h2-8,17,27-28,30,33-35,37,39-41,44,48,52-55,57,59H,9-15,18-19,21-26,29,31,51H2,1H3. The number of ether oxygens (including phenoxy) is 1. The zero-order valence-electron chi connectivity index (χ0n) is 35.2. The number of aromatic hydroxyl groups is 1. The van der Waals surface area contributed by atoms with Crippen LogP contribution in [0.1, 0.15) is 106 Å². The first kappa shape index (κ1) is 43.7. The summed E-state index contributed by atoms with van der Waals surface area (Å²) >= 11 is 0. The Morgan fingerprint density at radius 1 is 1.08 bits per heavy atom. The van der Waals surface area contributed by atoms with Crippen LogP contribution < -0.4 is 21.1 Å². The molecule has 10 nitrogen and oxygen atoms in total. The molecule has 8 N–H and O–H groups in total. The maximum Gasteiger partial charge on any atom is 0.160 e. The number of rotatable bonds is 14. The molecule has 2 aromatic rings. The Labute approximate surface area is 355 Å². The second-order valence-electron chi connectivity index (χ2n) is 18.2. The van der Waals surface area contributed by atoms with Crippen LogP contribution in [-0.4, -0.2) is 77.0 Å². The van der Waals surface area contributed by atoms with Crippen molar-refractivity contribution < 1.29 is 34.8 Å². The highest BCUT2D eigenvalue weighted by atomic mass is 16.5. The Hall–Kier alpha value is -4.40. The van der Waals surface area contributed by atoms with Gasteiger partial charge in [-0.15, -0.1) is 0 Å². The van der Waals surface area contributed by atoms with Gasteiger partial charge in [-0.2, -0.15) is 0 Å². The van der Waals surface area contributed by atoms with E-state index in [1.807, 2.05) is 36.4 Å². The number of phenolic OH excluding ortho intramolecular Hbond substituents is 1. The maximum absolute atomic E-state index is 14.3. The Kier molecular flexibility index (Phi) is 14.5. The van der Waals surface area contributed by atoms with Gasteiger partial charge in [0.05, 0.1) is 25.1 Å². The van der Waals surface area contributed by atoms with Crippen molar-refractivity contribution >= 4 is 17.6 Å². The van der Waals surface area contributed by atoms with E-state index in [1.165, 1.54) is 7.11 Å². The van der Waals surface area contributed by atoms with Crippen LogP contribution in [-0.2, 0) is 16.0 Å². The van der Waals surface area contributed by atoms with Crippen LogP contribution >= 0.6 is 0 Å². The van der Waals surface area contributed by atoms with Crippen molar-refractivity contribution in [3.63, 3.8) is 0 Å². The molecule has 2 heterocycles. The summed E-state index contributed by atoms with van der Waals surface area (Å²) < 4.78 is 5.49. The number of carbonyl (C=O) groups excluding carboxylic acids is 2. The lowest BCUT2D eigenvalue weighted by Gasteiger charge is -2.44. The molecule has 1 spiro atoms. The van der Waals surface area contributed by atoms with E-state index in [1.54, 1.807) is 12.1 Å². The minimum absolute atomic E-state index is 0.00384. The fourth-order valence-corrected chi connectivity index (χ4v) is 10.9. The SMILES string of the molecule is COc1cc2c(cc1O)C(CCC(O)CC(C=Cc1ccccc1)C1=CCNC(N)=C1)C#CC1(CCC(CC(CCO)C3CNC4CC(=O)CCC4C3)CC1O)C(=O)CC2. The van der Waals surface area contributed by atoms with E-state index in [9.17, 15) is 30.0 Å². The fourth-order valence-electron chi connectivity index (χ4n) is 10.9. The van der Waals surface area contributed by atoms with E-state index in [-0.39, 0.29) is 48.4 Å². The van der Waals surface area contributed by atoms with Crippen molar-refractivity contribution in [1.82, 2.24) is 10.6 Å². The largest absolute Gasteiger partial charge is 0.504 e. The number of piperidine rings is 1. The van der Waals surface area contributed by atoms with Crippen molar-refractivity contribution in [3.8, 4) is 23.3 Å². The van der Waals surface area contributed by atoms with E-state index in [2.05, 4.69) is 40.7 Å². The average Bonchev–Trinajstić information content (AvgIpc) is 3.30. The fraction of sp³-hybridized carbons (Fsp3) is 0.560. The number of nitrogens with two attached hydrogens (primary N) is 1.